The Morgan fingerprint density at radius 1 is 1.41 bits per heavy atom. The lowest BCUT2D eigenvalue weighted by molar-refractivity contribution is 0.100. The minimum Gasteiger partial charge on any atom is -0.383 e. The molecule has 0 aliphatic heterocycles. The van der Waals surface area contributed by atoms with Gasteiger partial charge in [0.15, 0.2) is 0 Å². The Bertz CT molecular complexity index is 418. The fraction of sp³-hybridized carbons (Fsp3) is 0.417. The van der Waals surface area contributed by atoms with Gasteiger partial charge in [-0.2, -0.15) is 0 Å². The number of nitrogens with two attached hydrogens (primary N) is 1. The summed E-state index contributed by atoms with van der Waals surface area (Å²) in [6.45, 7) is 1.50. The Balaban J connectivity index is 1.91. The lowest BCUT2D eigenvalue weighted by Crippen LogP contribution is -2.25. The summed E-state index contributed by atoms with van der Waals surface area (Å²) < 4.78 is 13.0. The number of anilines is 1. The maximum atomic E-state index is 13.0. The van der Waals surface area contributed by atoms with Crippen molar-refractivity contribution in [1.82, 2.24) is 5.32 Å². The van der Waals surface area contributed by atoms with Gasteiger partial charge in [0.05, 0.1) is 5.56 Å². The molecule has 2 rings (SSSR count). The van der Waals surface area contributed by atoms with E-state index in [1.807, 2.05) is 0 Å². The van der Waals surface area contributed by atoms with E-state index in [0.717, 1.165) is 12.6 Å². The number of primary amides is 1. The molecule has 1 aromatic carbocycles. The van der Waals surface area contributed by atoms with Crippen LogP contribution in [-0.4, -0.2) is 25.0 Å². The van der Waals surface area contributed by atoms with E-state index in [4.69, 9.17) is 5.73 Å². The van der Waals surface area contributed by atoms with E-state index in [-0.39, 0.29) is 5.56 Å². The van der Waals surface area contributed by atoms with Gasteiger partial charge in [-0.25, -0.2) is 4.39 Å². The maximum Gasteiger partial charge on any atom is 0.250 e. The largest absolute Gasteiger partial charge is 0.383 e. The summed E-state index contributed by atoms with van der Waals surface area (Å²) in [7, 11) is 0. The number of amides is 1. The number of halogens is 1. The second-order valence-corrected chi connectivity index (χ2v) is 4.21. The van der Waals surface area contributed by atoms with Crippen LogP contribution in [0.2, 0.25) is 0 Å². The van der Waals surface area contributed by atoms with Gasteiger partial charge in [-0.05, 0) is 31.0 Å². The van der Waals surface area contributed by atoms with E-state index in [2.05, 4.69) is 10.6 Å². The number of hydrogen-bond acceptors (Lipinski definition) is 3. The molecule has 17 heavy (non-hydrogen) atoms. The zero-order chi connectivity index (χ0) is 12.3. The summed E-state index contributed by atoms with van der Waals surface area (Å²) in [6, 6.07) is 4.65. The van der Waals surface area contributed by atoms with Crippen molar-refractivity contribution in [2.24, 2.45) is 5.73 Å². The van der Waals surface area contributed by atoms with Gasteiger partial charge in [-0.15, -0.1) is 0 Å². The van der Waals surface area contributed by atoms with Crippen LogP contribution in [0.25, 0.3) is 0 Å². The van der Waals surface area contributed by atoms with Crippen LogP contribution in [0, 0.1) is 5.82 Å². The van der Waals surface area contributed by atoms with E-state index in [1.54, 1.807) is 0 Å². The van der Waals surface area contributed by atoms with Crippen molar-refractivity contribution in [2.75, 3.05) is 18.4 Å². The monoisotopic (exact) mass is 237 g/mol. The molecule has 1 aliphatic carbocycles. The molecule has 1 aromatic rings. The molecule has 0 saturated heterocycles. The fourth-order valence-corrected chi connectivity index (χ4v) is 1.64. The molecule has 1 saturated carbocycles. The van der Waals surface area contributed by atoms with Gasteiger partial charge in [0.2, 0.25) is 0 Å². The van der Waals surface area contributed by atoms with Crippen molar-refractivity contribution in [2.45, 2.75) is 18.9 Å². The van der Waals surface area contributed by atoms with Crippen LogP contribution in [0.1, 0.15) is 23.2 Å². The van der Waals surface area contributed by atoms with Crippen molar-refractivity contribution < 1.29 is 9.18 Å². The second kappa shape index (κ2) is 5.14. The van der Waals surface area contributed by atoms with Crippen molar-refractivity contribution in [3.8, 4) is 0 Å². The van der Waals surface area contributed by atoms with Crippen LogP contribution in [-0.2, 0) is 0 Å². The lowest BCUT2D eigenvalue weighted by Gasteiger charge is -2.10. The first kappa shape index (κ1) is 11.9. The van der Waals surface area contributed by atoms with Gasteiger partial charge in [0.1, 0.15) is 5.82 Å². The third-order valence-electron chi connectivity index (χ3n) is 2.70. The van der Waals surface area contributed by atoms with Crippen molar-refractivity contribution in [3.63, 3.8) is 0 Å². The normalized spacial score (nSPS) is 14.6. The second-order valence-electron chi connectivity index (χ2n) is 4.21. The first-order valence-corrected chi connectivity index (χ1v) is 5.73. The molecule has 0 unspecified atom stereocenters. The SMILES string of the molecule is NC(=O)c1cc(F)ccc1NCCNC1CC1. The molecule has 92 valence electrons. The van der Waals surface area contributed by atoms with Crippen LogP contribution in [0.15, 0.2) is 18.2 Å². The molecule has 0 radical (unpaired) electrons. The molecule has 0 aromatic heterocycles. The zero-order valence-corrected chi connectivity index (χ0v) is 9.50. The molecule has 0 spiro atoms. The Morgan fingerprint density at radius 2 is 2.18 bits per heavy atom. The van der Waals surface area contributed by atoms with Crippen molar-refractivity contribution in [3.05, 3.63) is 29.6 Å². The van der Waals surface area contributed by atoms with Crippen LogP contribution < -0.4 is 16.4 Å². The van der Waals surface area contributed by atoms with Crippen LogP contribution in [0.3, 0.4) is 0 Å². The summed E-state index contributed by atoms with van der Waals surface area (Å²) in [5.74, 6) is -1.08. The Hall–Kier alpha value is -1.62. The van der Waals surface area contributed by atoms with Crippen LogP contribution in [0.5, 0.6) is 0 Å². The summed E-state index contributed by atoms with van der Waals surface area (Å²) in [5.41, 5.74) is 5.96. The van der Waals surface area contributed by atoms with E-state index < -0.39 is 11.7 Å². The Morgan fingerprint density at radius 3 is 2.82 bits per heavy atom. The first-order valence-electron chi connectivity index (χ1n) is 5.73. The number of carbonyl (C=O) groups excluding carboxylic acids is 1. The van der Waals surface area contributed by atoms with E-state index in [9.17, 15) is 9.18 Å². The van der Waals surface area contributed by atoms with Crippen molar-refractivity contribution in [1.29, 1.82) is 0 Å². The molecule has 1 aliphatic rings. The third kappa shape index (κ3) is 3.42. The molecule has 1 fully saturated rings. The number of carbonyl (C=O) groups is 1. The molecular formula is C12H16FN3O. The molecule has 4 nitrogen and oxygen atoms in total. The van der Waals surface area contributed by atoms with E-state index in [1.165, 1.54) is 25.0 Å². The van der Waals surface area contributed by atoms with E-state index >= 15 is 0 Å². The van der Waals surface area contributed by atoms with E-state index in [0.29, 0.717) is 18.3 Å². The number of hydrogen-bond donors (Lipinski definition) is 3. The van der Waals surface area contributed by atoms with Gasteiger partial charge in [0.25, 0.3) is 5.91 Å². The molecular weight excluding hydrogens is 221 g/mol. The highest BCUT2D eigenvalue weighted by Crippen LogP contribution is 2.18. The van der Waals surface area contributed by atoms with Crippen molar-refractivity contribution >= 4 is 11.6 Å². The molecule has 1 amide bonds. The molecule has 4 N–H and O–H groups in total. The standard InChI is InChI=1S/C12H16FN3O/c13-8-1-4-11(10(7-8)12(14)17)16-6-5-15-9-2-3-9/h1,4,7,9,15-16H,2-3,5-6H2,(H2,14,17). The van der Waals surface area contributed by atoms with Gasteiger partial charge in [-0.3, -0.25) is 4.79 Å². The lowest BCUT2D eigenvalue weighted by atomic mass is 10.1. The van der Waals surface area contributed by atoms with Gasteiger partial charge in [0, 0.05) is 24.8 Å². The first-order chi connectivity index (χ1) is 8.16. The Kier molecular flexibility index (Phi) is 3.58. The number of nitrogens with one attached hydrogen (secondary N) is 2. The molecule has 0 atom stereocenters. The average Bonchev–Trinajstić information content (AvgIpc) is 3.09. The minimum atomic E-state index is -0.623. The minimum absolute atomic E-state index is 0.191. The average molecular weight is 237 g/mol. The van der Waals surface area contributed by atoms with Crippen LogP contribution in [0.4, 0.5) is 10.1 Å². The van der Waals surface area contributed by atoms with Gasteiger partial charge < -0.3 is 16.4 Å². The summed E-state index contributed by atoms with van der Waals surface area (Å²) in [5, 5.41) is 6.41. The summed E-state index contributed by atoms with van der Waals surface area (Å²) >= 11 is 0. The highest BCUT2D eigenvalue weighted by molar-refractivity contribution is 5.98. The molecule has 5 heteroatoms. The fourth-order valence-electron chi connectivity index (χ4n) is 1.64. The maximum absolute atomic E-state index is 13.0. The zero-order valence-electron chi connectivity index (χ0n) is 9.50. The highest BCUT2D eigenvalue weighted by atomic mass is 19.1. The predicted molar refractivity (Wildman–Crippen MR) is 64.4 cm³/mol. The number of rotatable bonds is 6. The molecule has 0 bridgehead atoms. The van der Waals surface area contributed by atoms with Crippen LogP contribution >= 0.6 is 0 Å². The topological polar surface area (TPSA) is 67.2 Å². The number of benzene rings is 1. The van der Waals surface area contributed by atoms with Gasteiger partial charge >= 0.3 is 0 Å². The summed E-state index contributed by atoms with van der Waals surface area (Å²) in [6.07, 6.45) is 2.48. The quantitative estimate of drug-likeness (QED) is 0.649. The Labute approximate surface area is 99.4 Å². The summed E-state index contributed by atoms with van der Waals surface area (Å²) in [4.78, 5) is 11.1. The smallest absolute Gasteiger partial charge is 0.250 e. The highest BCUT2D eigenvalue weighted by Gasteiger charge is 2.19. The predicted octanol–water partition coefficient (Wildman–Crippen LogP) is 1.09. The molecule has 0 heterocycles. The third-order valence-corrected chi connectivity index (χ3v) is 2.70. The van der Waals surface area contributed by atoms with Gasteiger partial charge in [-0.1, -0.05) is 0 Å².